The molecule has 1 aliphatic rings. The second-order valence-electron chi connectivity index (χ2n) is 4.23. The summed E-state index contributed by atoms with van der Waals surface area (Å²) >= 11 is 0. The van der Waals surface area contributed by atoms with Gasteiger partial charge in [-0.15, -0.1) is 0 Å². The summed E-state index contributed by atoms with van der Waals surface area (Å²) in [6, 6.07) is 2.68. The Morgan fingerprint density at radius 3 is 2.70 bits per heavy atom. The molecule has 0 aliphatic carbocycles. The zero-order valence-corrected chi connectivity index (χ0v) is 11.5. The minimum Gasteiger partial charge on any atom is -0.292 e. The second kappa shape index (κ2) is 5.55. The van der Waals surface area contributed by atoms with Crippen molar-refractivity contribution in [3.05, 3.63) is 24.0 Å². The van der Waals surface area contributed by atoms with E-state index in [1.165, 1.54) is 11.1 Å². The van der Waals surface area contributed by atoms with E-state index in [0.29, 0.717) is 11.4 Å². The number of anilines is 1. The molecule has 8 nitrogen and oxygen atoms in total. The van der Waals surface area contributed by atoms with Crippen LogP contribution in [0.1, 0.15) is 12.1 Å². The molecule has 0 bridgehead atoms. The number of carbonyl (C=O) groups excluding carboxylic acids is 2. The van der Waals surface area contributed by atoms with Crippen molar-refractivity contribution in [2.24, 2.45) is 0 Å². The fourth-order valence-corrected chi connectivity index (χ4v) is 1.97. The molecule has 0 unspecified atom stereocenters. The van der Waals surface area contributed by atoms with Crippen molar-refractivity contribution in [2.45, 2.75) is 13.0 Å². The highest BCUT2D eigenvalue weighted by Crippen LogP contribution is 2.16. The minimum absolute atomic E-state index is 0.163. The zero-order valence-electron chi connectivity index (χ0n) is 10.7. The first kappa shape index (κ1) is 14.4. The summed E-state index contributed by atoms with van der Waals surface area (Å²) in [4.78, 5) is 28.0. The summed E-state index contributed by atoms with van der Waals surface area (Å²) < 4.78 is 26.3. The predicted molar refractivity (Wildman–Crippen MR) is 69.4 cm³/mol. The van der Waals surface area contributed by atoms with Gasteiger partial charge in [-0.2, -0.15) is 8.42 Å². The van der Waals surface area contributed by atoms with Crippen molar-refractivity contribution in [1.29, 1.82) is 0 Å². The van der Waals surface area contributed by atoms with Crippen LogP contribution in [0.2, 0.25) is 0 Å². The van der Waals surface area contributed by atoms with Crippen molar-refractivity contribution in [1.82, 2.24) is 10.3 Å². The van der Waals surface area contributed by atoms with Crippen LogP contribution in [0.3, 0.4) is 0 Å². The molecule has 0 radical (unpaired) electrons. The predicted octanol–water partition coefficient (Wildman–Crippen LogP) is 0.00410. The molecule has 20 heavy (non-hydrogen) atoms. The Kier molecular flexibility index (Phi) is 4.00. The van der Waals surface area contributed by atoms with E-state index in [9.17, 15) is 18.0 Å². The number of hydrogen-bond acceptors (Lipinski definition) is 6. The number of carbonyl (C=O) groups is 2. The summed E-state index contributed by atoms with van der Waals surface area (Å²) in [6.07, 6.45) is 2.61. The lowest BCUT2D eigenvalue weighted by atomic mass is 10.2. The molecule has 1 aromatic heterocycles. The lowest BCUT2D eigenvalue weighted by Gasteiger charge is -2.26. The molecule has 1 fully saturated rings. The van der Waals surface area contributed by atoms with Gasteiger partial charge in [0.2, 0.25) is 5.91 Å². The summed E-state index contributed by atoms with van der Waals surface area (Å²) in [6.45, 7) is 0.120. The number of imide groups is 1. The van der Waals surface area contributed by atoms with Gasteiger partial charge in [0.15, 0.2) is 0 Å². The summed E-state index contributed by atoms with van der Waals surface area (Å²) in [5.41, 5.74) is 0.950. The number of rotatable bonds is 4. The molecule has 9 heteroatoms. The van der Waals surface area contributed by atoms with Gasteiger partial charge in [-0.05, 0) is 12.1 Å². The van der Waals surface area contributed by atoms with Crippen molar-refractivity contribution in [3.8, 4) is 0 Å². The molecule has 2 heterocycles. The number of hydrogen-bond donors (Lipinski definition) is 1. The minimum atomic E-state index is -3.52. The van der Waals surface area contributed by atoms with Gasteiger partial charge in [-0.1, -0.05) is 0 Å². The van der Waals surface area contributed by atoms with E-state index in [2.05, 4.69) is 14.5 Å². The Balaban J connectivity index is 2.04. The summed E-state index contributed by atoms with van der Waals surface area (Å²) in [5.74, 6) is -0.308. The molecule has 1 saturated heterocycles. The summed E-state index contributed by atoms with van der Waals surface area (Å²) in [7, 11) is -3.52. The first-order chi connectivity index (χ1) is 9.35. The molecule has 1 aromatic rings. The molecule has 1 N–H and O–H groups in total. The molecule has 0 aromatic carbocycles. The number of nitrogens with one attached hydrogen (secondary N) is 1. The van der Waals surface area contributed by atoms with Gasteiger partial charge in [0.1, 0.15) is 6.61 Å². The van der Waals surface area contributed by atoms with Gasteiger partial charge in [0.05, 0.1) is 23.8 Å². The van der Waals surface area contributed by atoms with Gasteiger partial charge in [0.25, 0.3) is 10.1 Å². The van der Waals surface area contributed by atoms with E-state index in [1.54, 1.807) is 12.1 Å². The standard InChI is InChI=1S/C11H13N3O5S/c1-20(17,18)19-7-8-2-3-9(6-12-8)14-5-4-10(15)13-11(14)16/h2-3,6H,4-5,7H2,1H3,(H,13,15,16). The first-order valence-corrected chi connectivity index (χ1v) is 7.57. The van der Waals surface area contributed by atoms with Crippen LogP contribution in [0, 0.1) is 0 Å². The van der Waals surface area contributed by atoms with Crippen molar-refractivity contribution in [2.75, 3.05) is 17.7 Å². The Morgan fingerprint density at radius 1 is 1.40 bits per heavy atom. The van der Waals surface area contributed by atoms with Gasteiger partial charge in [-0.3, -0.25) is 24.2 Å². The second-order valence-corrected chi connectivity index (χ2v) is 5.87. The van der Waals surface area contributed by atoms with Crippen LogP contribution >= 0.6 is 0 Å². The third-order valence-corrected chi connectivity index (χ3v) is 3.14. The van der Waals surface area contributed by atoms with E-state index < -0.39 is 16.1 Å². The Bertz CT molecular complexity index is 626. The molecule has 2 rings (SSSR count). The monoisotopic (exact) mass is 299 g/mol. The van der Waals surface area contributed by atoms with Crippen molar-refractivity contribution < 1.29 is 22.2 Å². The zero-order chi connectivity index (χ0) is 14.8. The van der Waals surface area contributed by atoms with Crippen molar-refractivity contribution >= 4 is 27.7 Å². The Labute approximate surface area is 115 Å². The van der Waals surface area contributed by atoms with Crippen LogP contribution in [0.5, 0.6) is 0 Å². The number of nitrogens with zero attached hydrogens (tertiary/aromatic N) is 2. The average Bonchev–Trinajstić information content (AvgIpc) is 2.36. The fourth-order valence-electron chi connectivity index (χ4n) is 1.64. The normalized spacial score (nSPS) is 16.1. The number of urea groups is 1. The quantitative estimate of drug-likeness (QED) is 0.785. The van der Waals surface area contributed by atoms with Crippen LogP contribution in [0.25, 0.3) is 0 Å². The highest BCUT2D eigenvalue weighted by Gasteiger charge is 2.24. The van der Waals surface area contributed by atoms with Crippen LogP contribution in [-0.2, 0) is 25.7 Å². The Morgan fingerprint density at radius 2 is 2.15 bits per heavy atom. The number of aromatic nitrogens is 1. The van der Waals surface area contributed by atoms with Crippen LogP contribution in [0.15, 0.2) is 18.3 Å². The van der Waals surface area contributed by atoms with E-state index in [4.69, 9.17) is 0 Å². The van der Waals surface area contributed by atoms with Gasteiger partial charge < -0.3 is 0 Å². The maximum absolute atomic E-state index is 11.6. The molecule has 0 saturated carbocycles. The van der Waals surface area contributed by atoms with Crippen molar-refractivity contribution in [3.63, 3.8) is 0 Å². The first-order valence-electron chi connectivity index (χ1n) is 5.76. The van der Waals surface area contributed by atoms with Crippen LogP contribution in [-0.4, -0.2) is 38.1 Å². The molecule has 1 aliphatic heterocycles. The number of amides is 3. The lowest BCUT2D eigenvalue weighted by Crippen LogP contribution is -2.49. The average molecular weight is 299 g/mol. The smallest absolute Gasteiger partial charge is 0.292 e. The van der Waals surface area contributed by atoms with Gasteiger partial charge in [0, 0.05) is 13.0 Å². The highest BCUT2D eigenvalue weighted by molar-refractivity contribution is 7.85. The molecule has 108 valence electrons. The number of pyridine rings is 1. The van der Waals surface area contributed by atoms with Crippen LogP contribution < -0.4 is 10.2 Å². The molecule has 3 amide bonds. The largest absolute Gasteiger partial charge is 0.328 e. The maximum atomic E-state index is 11.6. The molecule has 0 atom stereocenters. The van der Waals surface area contributed by atoms with E-state index in [0.717, 1.165) is 6.26 Å². The molecular formula is C11H13N3O5S. The van der Waals surface area contributed by atoms with Crippen LogP contribution in [0.4, 0.5) is 10.5 Å². The molecular weight excluding hydrogens is 286 g/mol. The van der Waals surface area contributed by atoms with E-state index >= 15 is 0 Å². The SMILES string of the molecule is CS(=O)(=O)OCc1ccc(N2CCC(=O)NC2=O)cn1. The third-order valence-electron chi connectivity index (χ3n) is 2.60. The van der Waals surface area contributed by atoms with E-state index in [-0.39, 0.29) is 25.5 Å². The fraction of sp³-hybridized carbons (Fsp3) is 0.364. The lowest BCUT2D eigenvalue weighted by molar-refractivity contribution is -0.120. The third kappa shape index (κ3) is 3.75. The summed E-state index contributed by atoms with van der Waals surface area (Å²) in [5, 5.41) is 2.20. The highest BCUT2D eigenvalue weighted by atomic mass is 32.2. The Hall–Kier alpha value is -2.00. The van der Waals surface area contributed by atoms with E-state index in [1.807, 2.05) is 0 Å². The topological polar surface area (TPSA) is 106 Å². The molecule has 0 spiro atoms. The van der Waals surface area contributed by atoms with Gasteiger partial charge in [-0.25, -0.2) is 4.79 Å². The van der Waals surface area contributed by atoms with Gasteiger partial charge >= 0.3 is 6.03 Å². The maximum Gasteiger partial charge on any atom is 0.328 e.